The number of aromatic nitrogens is 4. The first kappa shape index (κ1) is 16.1. The van der Waals surface area contributed by atoms with Crippen molar-refractivity contribution in [1.29, 1.82) is 0 Å². The molecule has 1 aliphatic heterocycles. The summed E-state index contributed by atoms with van der Waals surface area (Å²) in [6.45, 7) is 0.348. The second-order valence-electron chi connectivity index (χ2n) is 5.92. The SMILES string of the molecule is O=C(Cc1nc2ncccn2n1)NC1CCN(c2ccccc2F)C1=O. The van der Waals surface area contributed by atoms with E-state index in [4.69, 9.17) is 0 Å². The molecule has 2 aromatic heterocycles. The number of anilines is 1. The summed E-state index contributed by atoms with van der Waals surface area (Å²) >= 11 is 0. The van der Waals surface area contributed by atoms with Crippen molar-refractivity contribution in [3.05, 3.63) is 54.4 Å². The van der Waals surface area contributed by atoms with Crippen LogP contribution in [0.2, 0.25) is 0 Å². The highest BCUT2D eigenvalue weighted by Crippen LogP contribution is 2.24. The lowest BCUT2D eigenvalue weighted by Crippen LogP contribution is -2.42. The predicted octanol–water partition coefficient (Wildman–Crippen LogP) is 0.728. The Labute approximate surface area is 147 Å². The third-order valence-corrected chi connectivity index (χ3v) is 4.16. The number of carbonyl (C=O) groups is 2. The molecular weight excluding hydrogens is 339 g/mol. The van der Waals surface area contributed by atoms with Crippen LogP contribution < -0.4 is 10.2 Å². The van der Waals surface area contributed by atoms with E-state index in [1.807, 2.05) is 0 Å². The van der Waals surface area contributed by atoms with Crippen LogP contribution in [0.25, 0.3) is 5.78 Å². The van der Waals surface area contributed by atoms with Crippen LogP contribution in [0.4, 0.5) is 10.1 Å². The zero-order valence-corrected chi connectivity index (χ0v) is 13.7. The number of benzene rings is 1. The van der Waals surface area contributed by atoms with E-state index in [0.29, 0.717) is 24.6 Å². The molecule has 9 heteroatoms. The van der Waals surface area contributed by atoms with Crippen LogP contribution >= 0.6 is 0 Å². The molecule has 8 nitrogen and oxygen atoms in total. The quantitative estimate of drug-likeness (QED) is 0.746. The van der Waals surface area contributed by atoms with Gasteiger partial charge in [0, 0.05) is 18.9 Å². The van der Waals surface area contributed by atoms with Crippen molar-refractivity contribution in [3.63, 3.8) is 0 Å². The average Bonchev–Trinajstić information content (AvgIpc) is 3.19. The maximum Gasteiger partial charge on any atom is 0.252 e. The Morgan fingerprint density at radius 2 is 2.15 bits per heavy atom. The Hall–Kier alpha value is -3.36. The van der Waals surface area contributed by atoms with Crippen molar-refractivity contribution in [2.45, 2.75) is 18.9 Å². The van der Waals surface area contributed by atoms with Crippen molar-refractivity contribution < 1.29 is 14.0 Å². The van der Waals surface area contributed by atoms with Gasteiger partial charge in [0.1, 0.15) is 11.9 Å². The molecule has 0 aliphatic carbocycles. The molecule has 132 valence electrons. The van der Waals surface area contributed by atoms with E-state index in [0.717, 1.165) is 0 Å². The lowest BCUT2D eigenvalue weighted by molar-refractivity contribution is -0.126. The number of nitrogens with one attached hydrogen (secondary N) is 1. The summed E-state index contributed by atoms with van der Waals surface area (Å²) < 4.78 is 15.4. The van der Waals surface area contributed by atoms with Crippen LogP contribution in [0.1, 0.15) is 12.2 Å². The van der Waals surface area contributed by atoms with E-state index in [-0.39, 0.29) is 23.9 Å². The Balaban J connectivity index is 1.42. The van der Waals surface area contributed by atoms with Crippen molar-refractivity contribution in [2.24, 2.45) is 0 Å². The van der Waals surface area contributed by atoms with E-state index >= 15 is 0 Å². The van der Waals surface area contributed by atoms with Crippen LogP contribution in [0, 0.1) is 5.82 Å². The molecule has 2 amide bonds. The fourth-order valence-electron chi connectivity index (χ4n) is 2.96. The first-order valence-corrected chi connectivity index (χ1v) is 8.13. The molecule has 1 aliphatic rings. The van der Waals surface area contributed by atoms with Crippen LogP contribution in [-0.4, -0.2) is 44.0 Å². The summed E-state index contributed by atoms with van der Waals surface area (Å²) in [7, 11) is 0. The van der Waals surface area contributed by atoms with Crippen molar-refractivity contribution in [3.8, 4) is 0 Å². The molecule has 1 fully saturated rings. The normalized spacial score (nSPS) is 17.0. The lowest BCUT2D eigenvalue weighted by atomic mass is 10.2. The molecule has 1 aromatic carbocycles. The monoisotopic (exact) mass is 354 g/mol. The third kappa shape index (κ3) is 2.99. The molecule has 1 atom stereocenters. The smallest absolute Gasteiger partial charge is 0.252 e. The second-order valence-corrected chi connectivity index (χ2v) is 5.92. The van der Waals surface area contributed by atoms with E-state index < -0.39 is 11.9 Å². The Morgan fingerprint density at radius 3 is 2.96 bits per heavy atom. The number of hydrogen-bond acceptors (Lipinski definition) is 5. The van der Waals surface area contributed by atoms with Crippen molar-refractivity contribution >= 4 is 23.3 Å². The minimum Gasteiger partial charge on any atom is -0.344 e. The molecule has 1 unspecified atom stereocenters. The van der Waals surface area contributed by atoms with Gasteiger partial charge < -0.3 is 10.2 Å². The van der Waals surface area contributed by atoms with Gasteiger partial charge in [-0.25, -0.2) is 13.9 Å². The largest absolute Gasteiger partial charge is 0.344 e. The fraction of sp³-hybridized carbons (Fsp3) is 0.235. The molecule has 3 aromatic rings. The van der Waals surface area contributed by atoms with Crippen molar-refractivity contribution in [1.82, 2.24) is 24.9 Å². The highest BCUT2D eigenvalue weighted by Gasteiger charge is 2.34. The Bertz CT molecular complexity index is 955. The van der Waals surface area contributed by atoms with Gasteiger partial charge in [0.15, 0.2) is 5.82 Å². The topological polar surface area (TPSA) is 92.5 Å². The second kappa shape index (κ2) is 6.51. The zero-order chi connectivity index (χ0) is 18.1. The van der Waals surface area contributed by atoms with Crippen LogP contribution in [0.15, 0.2) is 42.7 Å². The maximum atomic E-state index is 13.9. The van der Waals surface area contributed by atoms with Crippen LogP contribution in [0.5, 0.6) is 0 Å². The molecule has 26 heavy (non-hydrogen) atoms. The average molecular weight is 354 g/mol. The number of rotatable bonds is 4. The maximum absolute atomic E-state index is 13.9. The molecule has 3 heterocycles. The first-order chi connectivity index (χ1) is 12.6. The number of hydrogen-bond donors (Lipinski definition) is 1. The number of nitrogens with zero attached hydrogens (tertiary/aromatic N) is 5. The summed E-state index contributed by atoms with van der Waals surface area (Å²) in [5.41, 5.74) is 0.224. The summed E-state index contributed by atoms with van der Waals surface area (Å²) in [5.74, 6) is -0.437. The summed E-state index contributed by atoms with van der Waals surface area (Å²) in [4.78, 5) is 34.3. The molecular formula is C17H15FN6O2. The molecule has 1 N–H and O–H groups in total. The number of para-hydroxylation sites is 1. The molecule has 4 rings (SSSR count). The fourth-order valence-corrected chi connectivity index (χ4v) is 2.96. The van der Waals surface area contributed by atoms with Gasteiger partial charge in [-0.2, -0.15) is 4.98 Å². The standard InChI is InChI=1S/C17H15FN6O2/c18-11-4-1-2-5-13(11)23-9-6-12(16(23)26)20-15(25)10-14-21-17-19-7-3-8-24(17)22-14/h1-5,7-8,12H,6,9-10H2,(H,20,25). The Kier molecular flexibility index (Phi) is 4.04. The van der Waals surface area contributed by atoms with Crippen LogP contribution in [-0.2, 0) is 16.0 Å². The van der Waals surface area contributed by atoms with Crippen LogP contribution in [0.3, 0.4) is 0 Å². The van der Waals surface area contributed by atoms with E-state index in [2.05, 4.69) is 20.4 Å². The number of amides is 2. The van der Waals surface area contributed by atoms with Gasteiger partial charge in [-0.1, -0.05) is 12.1 Å². The van der Waals surface area contributed by atoms with Gasteiger partial charge in [0.2, 0.25) is 11.8 Å². The molecule has 0 spiro atoms. The van der Waals surface area contributed by atoms with Gasteiger partial charge in [0.05, 0.1) is 12.1 Å². The molecule has 0 radical (unpaired) electrons. The highest BCUT2D eigenvalue weighted by molar-refractivity contribution is 6.01. The highest BCUT2D eigenvalue weighted by atomic mass is 19.1. The van der Waals surface area contributed by atoms with Gasteiger partial charge in [-0.3, -0.25) is 9.59 Å². The Morgan fingerprint density at radius 1 is 1.31 bits per heavy atom. The van der Waals surface area contributed by atoms with Gasteiger partial charge >= 0.3 is 0 Å². The minimum atomic E-state index is -0.683. The predicted molar refractivity (Wildman–Crippen MR) is 89.8 cm³/mol. The summed E-state index contributed by atoms with van der Waals surface area (Å²) in [6.07, 6.45) is 3.62. The zero-order valence-electron chi connectivity index (χ0n) is 13.7. The third-order valence-electron chi connectivity index (χ3n) is 4.16. The molecule has 1 saturated heterocycles. The molecule has 0 bridgehead atoms. The minimum absolute atomic E-state index is 0.0627. The van der Waals surface area contributed by atoms with Crippen molar-refractivity contribution in [2.75, 3.05) is 11.4 Å². The number of carbonyl (C=O) groups excluding carboxylic acids is 2. The molecule has 0 saturated carbocycles. The lowest BCUT2D eigenvalue weighted by Gasteiger charge is -2.17. The van der Waals surface area contributed by atoms with Gasteiger partial charge in [0.25, 0.3) is 5.78 Å². The van der Waals surface area contributed by atoms with E-state index in [1.54, 1.807) is 36.7 Å². The number of fused-ring (bicyclic) bond motifs is 1. The van der Waals surface area contributed by atoms with Gasteiger partial charge in [-0.15, -0.1) is 5.10 Å². The van der Waals surface area contributed by atoms with E-state index in [1.165, 1.54) is 15.5 Å². The van der Waals surface area contributed by atoms with E-state index in [9.17, 15) is 14.0 Å². The summed E-state index contributed by atoms with van der Waals surface area (Å²) in [5, 5.41) is 6.84. The first-order valence-electron chi connectivity index (χ1n) is 8.13. The number of halogens is 1. The summed E-state index contributed by atoms with van der Waals surface area (Å²) in [6, 6.07) is 7.11. The van der Waals surface area contributed by atoms with Gasteiger partial charge in [-0.05, 0) is 24.6 Å².